The SMILES string of the molecule is C#CCn1c(=NC(=O)CS(=O)(=O)CC(=O)N2CCCCC2CC)sc2cc(Br)ccc21. The van der Waals surface area contributed by atoms with Crippen LogP contribution in [0.25, 0.3) is 10.2 Å². The van der Waals surface area contributed by atoms with E-state index in [1.54, 1.807) is 9.47 Å². The van der Waals surface area contributed by atoms with Crippen molar-refractivity contribution in [3.8, 4) is 12.3 Å². The Morgan fingerprint density at radius 3 is 2.81 bits per heavy atom. The normalized spacial score (nSPS) is 17.6. The van der Waals surface area contributed by atoms with Crippen LogP contribution < -0.4 is 4.80 Å². The van der Waals surface area contributed by atoms with Crippen LogP contribution in [0.1, 0.15) is 32.6 Å². The summed E-state index contributed by atoms with van der Waals surface area (Å²) in [6.45, 7) is 2.75. The van der Waals surface area contributed by atoms with Crippen LogP contribution in [0.5, 0.6) is 0 Å². The van der Waals surface area contributed by atoms with Gasteiger partial charge >= 0.3 is 0 Å². The number of nitrogens with zero attached hydrogens (tertiary/aromatic N) is 3. The number of rotatable bonds is 6. The van der Waals surface area contributed by atoms with Crippen molar-refractivity contribution in [2.24, 2.45) is 4.99 Å². The molecule has 0 saturated carbocycles. The number of halogens is 1. The summed E-state index contributed by atoms with van der Waals surface area (Å²) in [5.41, 5.74) is 0.812. The van der Waals surface area contributed by atoms with E-state index < -0.39 is 33.2 Å². The molecule has 1 fully saturated rings. The molecule has 7 nitrogen and oxygen atoms in total. The molecule has 2 aromatic rings. The van der Waals surface area contributed by atoms with Gasteiger partial charge in [0.05, 0.1) is 16.8 Å². The van der Waals surface area contributed by atoms with Gasteiger partial charge in [-0.3, -0.25) is 9.59 Å². The van der Waals surface area contributed by atoms with Gasteiger partial charge in [0, 0.05) is 17.1 Å². The summed E-state index contributed by atoms with van der Waals surface area (Å²) >= 11 is 4.66. The lowest BCUT2D eigenvalue weighted by atomic mass is 10.0. The molecule has 2 heterocycles. The van der Waals surface area contributed by atoms with Crippen molar-refractivity contribution in [2.75, 3.05) is 18.1 Å². The molecule has 1 saturated heterocycles. The molecule has 166 valence electrons. The summed E-state index contributed by atoms with van der Waals surface area (Å²) in [7, 11) is -3.93. The van der Waals surface area contributed by atoms with Gasteiger partial charge in [-0.25, -0.2) is 8.42 Å². The average molecular weight is 526 g/mol. The number of benzene rings is 1. The summed E-state index contributed by atoms with van der Waals surface area (Å²) in [5, 5.41) is 0. The van der Waals surface area contributed by atoms with Crippen molar-refractivity contribution in [1.29, 1.82) is 0 Å². The average Bonchev–Trinajstić information content (AvgIpc) is 3.03. The van der Waals surface area contributed by atoms with Crippen LogP contribution in [-0.2, 0) is 26.0 Å². The number of hydrogen-bond donors (Lipinski definition) is 0. The number of thiazole rings is 1. The smallest absolute Gasteiger partial charge is 0.263 e. The number of terminal acetylenes is 1. The summed E-state index contributed by atoms with van der Waals surface area (Å²) < 4.78 is 28.5. The zero-order valence-electron chi connectivity index (χ0n) is 17.2. The molecule has 0 aliphatic carbocycles. The number of likely N-dealkylation sites (tertiary alicyclic amines) is 1. The minimum atomic E-state index is -3.93. The molecular formula is C21H24BrN3O4S2. The maximum absolute atomic E-state index is 12.6. The number of piperidine rings is 1. The molecule has 0 bridgehead atoms. The number of sulfone groups is 1. The lowest BCUT2D eigenvalue weighted by Gasteiger charge is -2.35. The fourth-order valence-corrected chi connectivity index (χ4v) is 6.46. The summed E-state index contributed by atoms with van der Waals surface area (Å²) in [4.78, 5) is 31.0. The van der Waals surface area contributed by atoms with Crippen molar-refractivity contribution in [1.82, 2.24) is 9.47 Å². The maximum atomic E-state index is 12.6. The summed E-state index contributed by atoms with van der Waals surface area (Å²) in [6, 6.07) is 5.66. The van der Waals surface area contributed by atoms with Crippen molar-refractivity contribution < 1.29 is 18.0 Å². The zero-order valence-corrected chi connectivity index (χ0v) is 20.4. The molecular weight excluding hydrogens is 502 g/mol. The molecule has 10 heteroatoms. The highest BCUT2D eigenvalue weighted by Gasteiger charge is 2.29. The van der Waals surface area contributed by atoms with Gasteiger partial charge in [0.1, 0.15) is 11.5 Å². The number of fused-ring (bicyclic) bond motifs is 1. The second kappa shape index (κ2) is 10.1. The predicted octanol–water partition coefficient (Wildman–Crippen LogP) is 2.73. The predicted molar refractivity (Wildman–Crippen MR) is 125 cm³/mol. The van der Waals surface area contributed by atoms with Gasteiger partial charge < -0.3 is 9.47 Å². The Kier molecular flexibility index (Phi) is 7.73. The second-order valence-electron chi connectivity index (χ2n) is 7.47. The van der Waals surface area contributed by atoms with E-state index in [1.807, 2.05) is 25.1 Å². The zero-order chi connectivity index (χ0) is 22.6. The first kappa shape index (κ1) is 23.7. The third-order valence-electron chi connectivity index (χ3n) is 5.22. The lowest BCUT2D eigenvalue weighted by Crippen LogP contribution is -2.46. The monoisotopic (exact) mass is 525 g/mol. The lowest BCUT2D eigenvalue weighted by molar-refractivity contribution is -0.132. The number of carbonyl (C=O) groups excluding carboxylic acids is 2. The maximum Gasteiger partial charge on any atom is 0.263 e. The summed E-state index contributed by atoms with van der Waals surface area (Å²) in [5.74, 6) is -0.198. The Morgan fingerprint density at radius 1 is 1.32 bits per heavy atom. The van der Waals surface area contributed by atoms with Crippen LogP contribution in [-0.4, -0.2) is 53.8 Å². The highest BCUT2D eigenvalue weighted by atomic mass is 79.9. The second-order valence-corrected chi connectivity index (χ2v) is 11.5. The van der Waals surface area contributed by atoms with E-state index in [0.717, 1.165) is 40.4 Å². The number of hydrogen-bond acceptors (Lipinski definition) is 5. The van der Waals surface area contributed by atoms with Crippen molar-refractivity contribution in [3.63, 3.8) is 0 Å². The van der Waals surface area contributed by atoms with Gasteiger partial charge in [-0.1, -0.05) is 40.1 Å². The van der Waals surface area contributed by atoms with Crippen molar-refractivity contribution >= 4 is 59.1 Å². The highest BCUT2D eigenvalue weighted by Crippen LogP contribution is 2.22. The quantitative estimate of drug-likeness (QED) is 0.542. The van der Waals surface area contributed by atoms with Crippen LogP contribution in [0.4, 0.5) is 0 Å². The highest BCUT2D eigenvalue weighted by molar-refractivity contribution is 9.10. The first-order chi connectivity index (χ1) is 14.7. The fraction of sp³-hybridized carbons (Fsp3) is 0.476. The van der Waals surface area contributed by atoms with Crippen molar-refractivity contribution in [2.45, 2.75) is 45.2 Å². The fourth-order valence-electron chi connectivity index (χ4n) is 3.78. The molecule has 1 aliphatic rings. The van der Waals surface area contributed by atoms with E-state index in [4.69, 9.17) is 6.42 Å². The Hall–Kier alpha value is -1.96. The minimum absolute atomic E-state index is 0.0671. The van der Waals surface area contributed by atoms with Crippen molar-refractivity contribution in [3.05, 3.63) is 27.5 Å². The number of carbonyl (C=O) groups is 2. The Morgan fingerprint density at radius 2 is 2.10 bits per heavy atom. The molecule has 1 unspecified atom stereocenters. The van der Waals surface area contributed by atoms with E-state index in [9.17, 15) is 18.0 Å². The third-order valence-corrected chi connectivity index (χ3v) is 8.13. The van der Waals surface area contributed by atoms with Crippen LogP contribution in [0.3, 0.4) is 0 Å². The summed E-state index contributed by atoms with van der Waals surface area (Å²) in [6.07, 6.45) is 9.03. The third kappa shape index (κ3) is 5.84. The van der Waals surface area contributed by atoms with Crippen LogP contribution >= 0.6 is 27.3 Å². The first-order valence-electron chi connectivity index (χ1n) is 10.0. The Bertz CT molecular complexity index is 1210. The molecule has 1 aromatic carbocycles. The molecule has 1 atom stereocenters. The Balaban J connectivity index is 1.79. The van der Waals surface area contributed by atoms with E-state index >= 15 is 0 Å². The van der Waals surface area contributed by atoms with Crippen LogP contribution in [0.15, 0.2) is 27.7 Å². The molecule has 0 radical (unpaired) electrons. The van der Waals surface area contributed by atoms with Gasteiger partial charge in [0.15, 0.2) is 14.6 Å². The standard InChI is InChI=1S/C21H24BrN3O4S2/c1-3-10-25-17-9-8-15(22)12-18(17)30-21(25)23-19(26)13-31(28,29)14-20(27)24-11-6-5-7-16(24)4-2/h1,8-9,12,16H,4-7,10-11,13-14H2,2H3. The number of amides is 2. The van der Waals surface area contributed by atoms with Crippen LogP contribution in [0, 0.1) is 12.3 Å². The van der Waals surface area contributed by atoms with Gasteiger partial charge in [0.25, 0.3) is 5.91 Å². The molecule has 1 aliphatic heterocycles. The van der Waals surface area contributed by atoms with E-state index in [2.05, 4.69) is 26.8 Å². The topological polar surface area (TPSA) is 88.8 Å². The van der Waals surface area contributed by atoms with Gasteiger partial charge in [-0.15, -0.1) is 6.42 Å². The number of aromatic nitrogens is 1. The largest absolute Gasteiger partial charge is 0.339 e. The molecule has 0 spiro atoms. The van der Waals surface area contributed by atoms with E-state index in [0.29, 0.717) is 11.3 Å². The van der Waals surface area contributed by atoms with E-state index in [1.165, 1.54) is 11.3 Å². The Labute approximate surface area is 194 Å². The van der Waals surface area contributed by atoms with Gasteiger partial charge in [-0.05, 0) is 43.9 Å². The van der Waals surface area contributed by atoms with Crippen LogP contribution in [0.2, 0.25) is 0 Å². The molecule has 2 amide bonds. The minimum Gasteiger partial charge on any atom is -0.339 e. The molecule has 31 heavy (non-hydrogen) atoms. The first-order valence-corrected chi connectivity index (χ1v) is 13.5. The van der Waals surface area contributed by atoms with E-state index in [-0.39, 0.29) is 12.6 Å². The van der Waals surface area contributed by atoms with Gasteiger partial charge in [0.2, 0.25) is 5.91 Å². The molecule has 3 rings (SSSR count). The molecule has 0 N–H and O–H groups in total. The van der Waals surface area contributed by atoms with Gasteiger partial charge in [-0.2, -0.15) is 4.99 Å². The molecule has 1 aromatic heterocycles.